The molecule has 116 valence electrons. The van der Waals surface area contributed by atoms with Crippen molar-refractivity contribution in [3.05, 3.63) is 17.8 Å². The molecule has 1 aliphatic heterocycles. The van der Waals surface area contributed by atoms with E-state index < -0.39 is 0 Å². The van der Waals surface area contributed by atoms with Gasteiger partial charge in [0.15, 0.2) is 5.82 Å². The number of nitrogens with zero attached hydrogens (tertiary/aromatic N) is 3. The molecule has 4 nitrogen and oxygen atoms in total. The quantitative estimate of drug-likeness (QED) is 0.925. The highest BCUT2D eigenvalue weighted by atomic mass is 15.3. The van der Waals surface area contributed by atoms with Crippen LogP contribution in [0.5, 0.6) is 0 Å². The number of rotatable bonds is 4. The summed E-state index contributed by atoms with van der Waals surface area (Å²) in [7, 11) is 0. The number of aromatic nitrogens is 2. The minimum atomic E-state index is 0.483. The Morgan fingerprint density at radius 2 is 1.95 bits per heavy atom. The van der Waals surface area contributed by atoms with Gasteiger partial charge in [0.05, 0.1) is 5.69 Å². The molecule has 1 saturated heterocycles. The zero-order chi connectivity index (χ0) is 14.7. The van der Waals surface area contributed by atoms with Gasteiger partial charge in [-0.15, -0.1) is 5.10 Å². The Morgan fingerprint density at radius 3 is 2.67 bits per heavy atom. The summed E-state index contributed by atoms with van der Waals surface area (Å²) in [4.78, 5) is 2.44. The first-order valence-corrected chi connectivity index (χ1v) is 8.53. The maximum Gasteiger partial charge on any atom is 0.151 e. The molecule has 1 aliphatic carbocycles. The maximum absolute atomic E-state index is 4.45. The second-order valence-corrected chi connectivity index (χ2v) is 6.96. The van der Waals surface area contributed by atoms with Crippen molar-refractivity contribution in [1.29, 1.82) is 0 Å². The molecule has 2 heterocycles. The van der Waals surface area contributed by atoms with Crippen molar-refractivity contribution in [1.82, 2.24) is 15.5 Å². The Kier molecular flexibility index (Phi) is 4.73. The highest BCUT2D eigenvalue weighted by Gasteiger charge is 2.31. The molecular formula is C17H28N4. The summed E-state index contributed by atoms with van der Waals surface area (Å²) in [6.45, 7) is 7.43. The van der Waals surface area contributed by atoms with Crippen LogP contribution in [0.2, 0.25) is 0 Å². The van der Waals surface area contributed by atoms with Gasteiger partial charge in [0.2, 0.25) is 0 Å². The first-order valence-electron chi connectivity index (χ1n) is 8.53. The van der Waals surface area contributed by atoms with Gasteiger partial charge in [0, 0.05) is 25.7 Å². The van der Waals surface area contributed by atoms with Crippen LogP contribution >= 0.6 is 0 Å². The van der Waals surface area contributed by atoms with E-state index in [9.17, 15) is 0 Å². The lowest BCUT2D eigenvalue weighted by Gasteiger charge is -2.41. The fourth-order valence-electron chi connectivity index (χ4n) is 3.73. The van der Waals surface area contributed by atoms with Crippen molar-refractivity contribution in [2.45, 2.75) is 58.5 Å². The predicted octanol–water partition coefficient (Wildman–Crippen LogP) is 2.99. The van der Waals surface area contributed by atoms with Crippen LogP contribution in [0, 0.1) is 11.8 Å². The lowest BCUT2D eigenvalue weighted by Crippen LogP contribution is -2.42. The summed E-state index contributed by atoms with van der Waals surface area (Å²) in [6, 6.07) is 4.75. The Bertz CT molecular complexity index is 443. The molecule has 2 atom stereocenters. The van der Waals surface area contributed by atoms with E-state index in [1.54, 1.807) is 0 Å². The fourth-order valence-corrected chi connectivity index (χ4v) is 3.73. The number of hydrogen-bond acceptors (Lipinski definition) is 4. The molecule has 0 amide bonds. The third kappa shape index (κ3) is 3.73. The van der Waals surface area contributed by atoms with Crippen molar-refractivity contribution < 1.29 is 0 Å². The molecule has 4 heteroatoms. The number of nitrogens with one attached hydrogen (secondary N) is 1. The van der Waals surface area contributed by atoms with Crippen molar-refractivity contribution in [3.63, 3.8) is 0 Å². The average molecular weight is 288 g/mol. The van der Waals surface area contributed by atoms with E-state index in [2.05, 4.69) is 46.4 Å². The van der Waals surface area contributed by atoms with E-state index >= 15 is 0 Å². The van der Waals surface area contributed by atoms with Crippen LogP contribution in [-0.4, -0.2) is 29.3 Å². The highest BCUT2D eigenvalue weighted by Crippen LogP contribution is 2.36. The van der Waals surface area contributed by atoms with Crippen LogP contribution in [0.1, 0.15) is 51.6 Å². The Balaban J connectivity index is 1.59. The topological polar surface area (TPSA) is 41.0 Å². The van der Waals surface area contributed by atoms with Crippen LogP contribution in [0.15, 0.2) is 12.1 Å². The van der Waals surface area contributed by atoms with Crippen LogP contribution in [0.25, 0.3) is 0 Å². The van der Waals surface area contributed by atoms with Crippen LogP contribution in [0.3, 0.4) is 0 Å². The molecule has 21 heavy (non-hydrogen) atoms. The van der Waals surface area contributed by atoms with Crippen molar-refractivity contribution in [2.24, 2.45) is 11.8 Å². The Morgan fingerprint density at radius 1 is 1.14 bits per heavy atom. The molecule has 1 saturated carbocycles. The van der Waals surface area contributed by atoms with E-state index in [0.717, 1.165) is 36.4 Å². The normalized spacial score (nSPS) is 26.0. The molecule has 0 bridgehead atoms. The van der Waals surface area contributed by atoms with Gasteiger partial charge in [0.1, 0.15) is 0 Å². The third-order valence-electron chi connectivity index (χ3n) is 5.01. The summed E-state index contributed by atoms with van der Waals surface area (Å²) < 4.78 is 0. The Labute approximate surface area is 128 Å². The average Bonchev–Trinajstić information content (AvgIpc) is 2.53. The second kappa shape index (κ2) is 6.73. The van der Waals surface area contributed by atoms with Gasteiger partial charge in [0.25, 0.3) is 0 Å². The first kappa shape index (κ1) is 14.8. The molecule has 2 fully saturated rings. The van der Waals surface area contributed by atoms with Crippen molar-refractivity contribution in [3.8, 4) is 0 Å². The summed E-state index contributed by atoms with van der Waals surface area (Å²) in [5.41, 5.74) is 1.03. The monoisotopic (exact) mass is 288 g/mol. The molecule has 1 N–H and O–H groups in total. The predicted molar refractivity (Wildman–Crippen MR) is 86.3 cm³/mol. The first-order chi connectivity index (χ1) is 10.2. The van der Waals surface area contributed by atoms with Crippen molar-refractivity contribution >= 4 is 5.82 Å². The molecule has 0 spiro atoms. The van der Waals surface area contributed by atoms with Gasteiger partial charge in [-0.1, -0.05) is 33.1 Å². The van der Waals surface area contributed by atoms with E-state index in [1.807, 2.05) is 0 Å². The van der Waals surface area contributed by atoms with Crippen LogP contribution in [-0.2, 0) is 6.54 Å². The minimum absolute atomic E-state index is 0.483. The molecule has 2 unspecified atom stereocenters. The van der Waals surface area contributed by atoms with Crippen molar-refractivity contribution in [2.75, 3.05) is 18.0 Å². The Hall–Kier alpha value is -1.16. The molecule has 1 aromatic heterocycles. The zero-order valence-electron chi connectivity index (χ0n) is 13.4. The molecule has 3 rings (SSSR count). The lowest BCUT2D eigenvalue weighted by atomic mass is 9.75. The summed E-state index contributed by atoms with van der Waals surface area (Å²) >= 11 is 0. The molecule has 2 aliphatic rings. The van der Waals surface area contributed by atoms with Gasteiger partial charge >= 0.3 is 0 Å². The summed E-state index contributed by atoms with van der Waals surface area (Å²) in [5, 5.41) is 12.2. The summed E-state index contributed by atoms with van der Waals surface area (Å²) in [6.07, 6.45) is 7.05. The minimum Gasteiger partial charge on any atom is -0.355 e. The van der Waals surface area contributed by atoms with E-state index in [1.165, 1.54) is 38.6 Å². The number of piperidine rings is 1. The smallest absolute Gasteiger partial charge is 0.151 e. The molecule has 1 aromatic rings. The second-order valence-electron chi connectivity index (χ2n) is 6.96. The van der Waals surface area contributed by atoms with Gasteiger partial charge in [-0.05, 0) is 36.8 Å². The number of hydrogen-bond donors (Lipinski definition) is 1. The van der Waals surface area contributed by atoms with E-state index in [-0.39, 0.29) is 0 Å². The molecular weight excluding hydrogens is 260 g/mol. The van der Waals surface area contributed by atoms with Gasteiger partial charge in [-0.25, -0.2) is 0 Å². The van der Waals surface area contributed by atoms with E-state index in [4.69, 9.17) is 0 Å². The lowest BCUT2D eigenvalue weighted by molar-refractivity contribution is 0.202. The van der Waals surface area contributed by atoms with Crippen LogP contribution < -0.4 is 10.2 Å². The largest absolute Gasteiger partial charge is 0.355 e. The van der Waals surface area contributed by atoms with Gasteiger partial charge < -0.3 is 10.2 Å². The molecule has 0 aromatic carbocycles. The third-order valence-corrected chi connectivity index (χ3v) is 5.01. The number of fused-ring (bicyclic) bond motifs is 1. The SMILES string of the molecule is CC(C)NCc1ccc(N2CCC3CCCCC3C2)nn1. The van der Waals surface area contributed by atoms with E-state index in [0.29, 0.717) is 6.04 Å². The van der Waals surface area contributed by atoms with Crippen LogP contribution in [0.4, 0.5) is 5.82 Å². The molecule has 0 radical (unpaired) electrons. The highest BCUT2D eigenvalue weighted by molar-refractivity contribution is 5.38. The fraction of sp³-hybridized carbons (Fsp3) is 0.765. The summed E-state index contributed by atoms with van der Waals surface area (Å²) in [5.74, 6) is 2.92. The van der Waals surface area contributed by atoms with Gasteiger partial charge in [-0.2, -0.15) is 5.10 Å². The standard InChI is InChI=1S/C17H28N4/c1-13(2)18-11-16-7-8-17(20-19-16)21-10-9-14-5-3-4-6-15(14)12-21/h7-8,13-15,18H,3-6,9-12H2,1-2H3. The van der Waals surface area contributed by atoms with Gasteiger partial charge in [-0.3, -0.25) is 0 Å². The zero-order valence-corrected chi connectivity index (χ0v) is 13.4. The maximum atomic E-state index is 4.45. The number of anilines is 1.